The van der Waals surface area contributed by atoms with Gasteiger partial charge in [-0.25, -0.2) is 4.79 Å². The maximum absolute atomic E-state index is 12.7. The Morgan fingerprint density at radius 2 is 1.43 bits per heavy atom. The average molecular weight is 410 g/mol. The molecule has 4 rings (SSSR count). The van der Waals surface area contributed by atoms with Crippen molar-refractivity contribution in [2.45, 2.75) is 6.61 Å². The summed E-state index contributed by atoms with van der Waals surface area (Å²) in [7, 11) is 7.81. The average Bonchev–Trinajstić information content (AvgIpc) is 3.15. The van der Waals surface area contributed by atoms with Crippen LogP contribution >= 0.6 is 0 Å². The lowest BCUT2D eigenvalue weighted by Gasteiger charge is -2.19. The minimum atomic E-state index is -0.381. The molecule has 0 spiro atoms. The van der Waals surface area contributed by atoms with E-state index in [1.807, 2.05) is 24.3 Å². The van der Waals surface area contributed by atoms with Crippen LogP contribution in [0.5, 0.6) is 28.7 Å². The normalized spacial score (nSPS) is 12.4. The van der Waals surface area contributed by atoms with Crippen molar-refractivity contribution >= 4 is 16.7 Å². The van der Waals surface area contributed by atoms with Crippen molar-refractivity contribution in [1.82, 2.24) is 0 Å². The third kappa shape index (κ3) is 2.85. The van der Waals surface area contributed by atoms with Gasteiger partial charge in [0, 0.05) is 16.5 Å². The molecule has 7 nitrogen and oxygen atoms in total. The first-order valence-electron chi connectivity index (χ1n) is 9.26. The summed E-state index contributed by atoms with van der Waals surface area (Å²) in [5.74, 6) is 2.21. The zero-order valence-corrected chi connectivity index (χ0v) is 17.5. The Labute approximate surface area is 174 Å². The van der Waals surface area contributed by atoms with Crippen LogP contribution in [0.15, 0.2) is 30.3 Å². The molecule has 0 fully saturated rings. The van der Waals surface area contributed by atoms with Crippen LogP contribution in [0.25, 0.3) is 21.9 Å². The Balaban J connectivity index is 2.17. The van der Waals surface area contributed by atoms with E-state index >= 15 is 0 Å². The van der Waals surface area contributed by atoms with Crippen molar-refractivity contribution in [2.24, 2.45) is 0 Å². The van der Waals surface area contributed by atoms with Crippen LogP contribution < -0.4 is 23.7 Å². The Morgan fingerprint density at radius 1 is 0.733 bits per heavy atom. The van der Waals surface area contributed by atoms with E-state index in [-0.39, 0.29) is 12.6 Å². The molecule has 7 heteroatoms. The largest absolute Gasteiger partial charge is 0.493 e. The van der Waals surface area contributed by atoms with Crippen molar-refractivity contribution in [1.29, 1.82) is 0 Å². The van der Waals surface area contributed by atoms with E-state index < -0.39 is 0 Å². The summed E-state index contributed by atoms with van der Waals surface area (Å²) in [5, 5.41) is 1.56. The van der Waals surface area contributed by atoms with Crippen molar-refractivity contribution in [3.05, 3.63) is 41.5 Å². The molecule has 3 aromatic carbocycles. The van der Waals surface area contributed by atoms with Crippen LogP contribution in [0.2, 0.25) is 0 Å². The lowest BCUT2D eigenvalue weighted by Crippen LogP contribution is -2.02. The molecule has 0 unspecified atom stereocenters. The lowest BCUT2D eigenvalue weighted by molar-refractivity contribution is 0.0535. The van der Waals surface area contributed by atoms with E-state index in [0.717, 1.165) is 21.9 Å². The molecule has 0 bridgehead atoms. The summed E-state index contributed by atoms with van der Waals surface area (Å²) in [4.78, 5) is 12.7. The van der Waals surface area contributed by atoms with Crippen molar-refractivity contribution in [3.8, 4) is 39.9 Å². The molecule has 1 heterocycles. The molecule has 0 atom stereocenters. The van der Waals surface area contributed by atoms with Crippen molar-refractivity contribution < 1.29 is 33.2 Å². The fourth-order valence-electron chi connectivity index (χ4n) is 3.94. The SMILES string of the molecule is COc1ccc(-c2c3c(cc4cc(OC)c(OC)c(OC)c24)COC3=O)cc1OC. The number of methoxy groups -OCH3 is 5. The Kier molecular flexibility index (Phi) is 5.03. The van der Waals surface area contributed by atoms with Gasteiger partial charge in [-0.15, -0.1) is 0 Å². The number of hydrogen-bond donors (Lipinski definition) is 0. The maximum Gasteiger partial charge on any atom is 0.339 e. The highest BCUT2D eigenvalue weighted by atomic mass is 16.5. The number of hydrogen-bond acceptors (Lipinski definition) is 7. The van der Waals surface area contributed by atoms with Gasteiger partial charge < -0.3 is 28.4 Å². The number of carbonyl (C=O) groups excluding carboxylic acids is 1. The van der Waals surface area contributed by atoms with E-state index in [1.54, 1.807) is 41.6 Å². The van der Waals surface area contributed by atoms with Gasteiger partial charge in [-0.1, -0.05) is 6.07 Å². The second-order valence-electron chi connectivity index (χ2n) is 6.68. The van der Waals surface area contributed by atoms with Crippen LogP contribution in [0.1, 0.15) is 15.9 Å². The quantitative estimate of drug-likeness (QED) is 0.564. The van der Waals surface area contributed by atoms with Gasteiger partial charge in [0.15, 0.2) is 23.0 Å². The number of cyclic esters (lactones) is 1. The zero-order valence-electron chi connectivity index (χ0n) is 17.5. The molecule has 156 valence electrons. The monoisotopic (exact) mass is 410 g/mol. The first-order chi connectivity index (χ1) is 14.6. The fraction of sp³-hybridized carbons (Fsp3) is 0.261. The number of rotatable bonds is 6. The first kappa shape index (κ1) is 19.7. The summed E-state index contributed by atoms with van der Waals surface area (Å²) in [6.45, 7) is 0.209. The first-order valence-corrected chi connectivity index (χ1v) is 9.26. The number of fused-ring (bicyclic) bond motifs is 2. The minimum absolute atomic E-state index is 0.209. The topological polar surface area (TPSA) is 72.5 Å². The Morgan fingerprint density at radius 3 is 2.07 bits per heavy atom. The predicted octanol–water partition coefficient (Wildman–Crippen LogP) is 4.22. The second-order valence-corrected chi connectivity index (χ2v) is 6.68. The molecule has 0 saturated carbocycles. The molecule has 3 aromatic rings. The van der Waals surface area contributed by atoms with E-state index in [0.29, 0.717) is 39.9 Å². The zero-order chi connectivity index (χ0) is 21.4. The third-order valence-electron chi connectivity index (χ3n) is 5.25. The van der Waals surface area contributed by atoms with Gasteiger partial charge in [0.25, 0.3) is 0 Å². The number of ether oxygens (including phenoxy) is 6. The number of benzene rings is 3. The highest BCUT2D eigenvalue weighted by Crippen LogP contribution is 2.50. The van der Waals surface area contributed by atoms with Crippen LogP contribution in [-0.2, 0) is 11.3 Å². The van der Waals surface area contributed by atoms with Gasteiger partial charge in [-0.2, -0.15) is 0 Å². The number of esters is 1. The smallest absolute Gasteiger partial charge is 0.339 e. The van der Waals surface area contributed by atoms with Gasteiger partial charge in [0.05, 0.1) is 41.1 Å². The standard InChI is InChI=1S/C23H22O7/c1-25-15-7-6-12(9-16(15)26-2)18-19-13(8-14-11-30-23(24)20(14)18)10-17(27-3)21(28-4)22(19)29-5/h6-10H,11H2,1-5H3. The molecular weight excluding hydrogens is 388 g/mol. The van der Waals surface area contributed by atoms with E-state index in [1.165, 1.54) is 0 Å². The summed E-state index contributed by atoms with van der Waals surface area (Å²) in [6, 6.07) is 9.29. The van der Waals surface area contributed by atoms with Crippen LogP contribution in [-0.4, -0.2) is 41.5 Å². The summed E-state index contributed by atoms with van der Waals surface area (Å²) in [5.41, 5.74) is 2.74. The van der Waals surface area contributed by atoms with Gasteiger partial charge >= 0.3 is 5.97 Å². The van der Waals surface area contributed by atoms with E-state index in [9.17, 15) is 4.79 Å². The highest BCUT2D eigenvalue weighted by Gasteiger charge is 2.31. The van der Waals surface area contributed by atoms with E-state index in [2.05, 4.69) is 0 Å². The molecule has 0 N–H and O–H groups in total. The molecular formula is C23H22O7. The molecule has 30 heavy (non-hydrogen) atoms. The molecule has 0 amide bonds. The van der Waals surface area contributed by atoms with Gasteiger partial charge in [-0.3, -0.25) is 0 Å². The molecule has 0 aliphatic carbocycles. The predicted molar refractivity (Wildman–Crippen MR) is 111 cm³/mol. The molecule has 0 saturated heterocycles. The lowest BCUT2D eigenvalue weighted by atomic mass is 9.89. The molecule has 0 aromatic heterocycles. The minimum Gasteiger partial charge on any atom is -0.493 e. The van der Waals surface area contributed by atoms with Gasteiger partial charge in [0.1, 0.15) is 6.61 Å². The summed E-state index contributed by atoms with van der Waals surface area (Å²) < 4.78 is 33.0. The Hall–Kier alpha value is -3.61. The van der Waals surface area contributed by atoms with Crippen molar-refractivity contribution in [3.63, 3.8) is 0 Å². The van der Waals surface area contributed by atoms with E-state index in [4.69, 9.17) is 28.4 Å². The molecule has 1 aliphatic heterocycles. The molecule has 0 radical (unpaired) electrons. The number of carbonyl (C=O) groups is 1. The summed E-state index contributed by atoms with van der Waals surface area (Å²) >= 11 is 0. The second kappa shape index (κ2) is 7.67. The van der Waals surface area contributed by atoms with Gasteiger partial charge in [0.2, 0.25) is 5.75 Å². The fourth-order valence-corrected chi connectivity index (χ4v) is 3.94. The third-order valence-corrected chi connectivity index (χ3v) is 5.25. The Bertz CT molecular complexity index is 1150. The van der Waals surface area contributed by atoms with Crippen LogP contribution in [0, 0.1) is 0 Å². The van der Waals surface area contributed by atoms with Crippen molar-refractivity contribution in [2.75, 3.05) is 35.5 Å². The summed E-state index contributed by atoms with van der Waals surface area (Å²) in [6.07, 6.45) is 0. The van der Waals surface area contributed by atoms with Crippen LogP contribution in [0.3, 0.4) is 0 Å². The van der Waals surface area contributed by atoms with Crippen LogP contribution in [0.4, 0.5) is 0 Å². The molecule has 1 aliphatic rings. The van der Waals surface area contributed by atoms with Gasteiger partial charge in [-0.05, 0) is 35.2 Å². The maximum atomic E-state index is 12.7. The highest BCUT2D eigenvalue weighted by molar-refractivity contribution is 6.13.